The Morgan fingerprint density at radius 1 is 1.21 bits per heavy atom. The molecule has 104 valence electrons. The molecular formula is C16H25N3. The van der Waals surface area contributed by atoms with Crippen LogP contribution in [-0.4, -0.2) is 30.5 Å². The Morgan fingerprint density at radius 3 is 2.37 bits per heavy atom. The normalized spacial score (nSPS) is 17.3. The molecule has 19 heavy (non-hydrogen) atoms. The maximum atomic E-state index is 6.04. The van der Waals surface area contributed by atoms with Gasteiger partial charge in [0.05, 0.1) is 0 Å². The van der Waals surface area contributed by atoms with Crippen molar-refractivity contribution < 1.29 is 0 Å². The van der Waals surface area contributed by atoms with E-state index in [0.29, 0.717) is 11.4 Å². The third-order valence-corrected chi connectivity index (χ3v) is 4.04. The Labute approximate surface area is 116 Å². The van der Waals surface area contributed by atoms with E-state index in [9.17, 15) is 0 Å². The first-order valence-electron chi connectivity index (χ1n) is 7.28. The minimum atomic E-state index is 0.374. The summed E-state index contributed by atoms with van der Waals surface area (Å²) in [5, 5.41) is 0. The molecule has 0 aliphatic heterocycles. The van der Waals surface area contributed by atoms with Gasteiger partial charge >= 0.3 is 0 Å². The van der Waals surface area contributed by atoms with E-state index in [1.807, 2.05) is 0 Å². The summed E-state index contributed by atoms with van der Waals surface area (Å²) in [6.07, 6.45) is 3.68. The molecule has 2 rings (SSSR count). The number of hydrogen-bond acceptors (Lipinski definition) is 1. The van der Waals surface area contributed by atoms with Crippen LogP contribution < -0.4 is 5.73 Å². The van der Waals surface area contributed by atoms with E-state index in [4.69, 9.17) is 5.73 Å². The number of aliphatic imine (C=N–C) groups is 1. The van der Waals surface area contributed by atoms with E-state index in [-0.39, 0.29) is 0 Å². The van der Waals surface area contributed by atoms with Crippen LogP contribution in [0, 0.1) is 5.41 Å². The van der Waals surface area contributed by atoms with Crippen molar-refractivity contribution in [2.75, 3.05) is 19.6 Å². The SMILES string of the molecule is CCN(CC)C(N)=NCC1(Cc2ccccc2)CC1. The lowest BCUT2D eigenvalue weighted by Gasteiger charge is -2.20. The highest BCUT2D eigenvalue weighted by atomic mass is 15.2. The molecule has 0 aromatic heterocycles. The first kappa shape index (κ1) is 13.9. The molecule has 1 aromatic carbocycles. The minimum absolute atomic E-state index is 0.374. The van der Waals surface area contributed by atoms with Gasteiger partial charge in [-0.3, -0.25) is 4.99 Å². The highest BCUT2D eigenvalue weighted by Crippen LogP contribution is 2.48. The zero-order valence-electron chi connectivity index (χ0n) is 12.1. The van der Waals surface area contributed by atoms with Crippen LogP contribution in [-0.2, 0) is 6.42 Å². The van der Waals surface area contributed by atoms with E-state index in [1.54, 1.807) is 0 Å². The van der Waals surface area contributed by atoms with E-state index in [1.165, 1.54) is 18.4 Å². The number of benzene rings is 1. The van der Waals surface area contributed by atoms with Crippen LogP contribution in [0.25, 0.3) is 0 Å². The monoisotopic (exact) mass is 259 g/mol. The van der Waals surface area contributed by atoms with Crippen LogP contribution >= 0.6 is 0 Å². The van der Waals surface area contributed by atoms with Gasteiger partial charge in [-0.2, -0.15) is 0 Å². The van der Waals surface area contributed by atoms with E-state index in [2.05, 4.69) is 54.1 Å². The van der Waals surface area contributed by atoms with Crippen LogP contribution in [0.4, 0.5) is 0 Å². The van der Waals surface area contributed by atoms with Gasteiger partial charge < -0.3 is 10.6 Å². The Balaban J connectivity index is 1.93. The fraction of sp³-hybridized carbons (Fsp3) is 0.562. The van der Waals surface area contributed by atoms with Crippen LogP contribution in [0.15, 0.2) is 35.3 Å². The summed E-state index contributed by atoms with van der Waals surface area (Å²) in [7, 11) is 0. The number of nitrogens with two attached hydrogens (primary N) is 1. The minimum Gasteiger partial charge on any atom is -0.370 e. The lowest BCUT2D eigenvalue weighted by Crippen LogP contribution is -2.37. The predicted molar refractivity (Wildman–Crippen MR) is 81.2 cm³/mol. The third kappa shape index (κ3) is 3.72. The second-order valence-corrected chi connectivity index (χ2v) is 5.51. The first-order chi connectivity index (χ1) is 9.19. The molecule has 1 saturated carbocycles. The zero-order valence-corrected chi connectivity index (χ0v) is 12.1. The molecule has 1 aliphatic rings. The third-order valence-electron chi connectivity index (χ3n) is 4.04. The van der Waals surface area contributed by atoms with Gasteiger partial charge in [-0.05, 0) is 44.1 Å². The summed E-state index contributed by atoms with van der Waals surface area (Å²) in [4.78, 5) is 6.73. The number of nitrogens with zero attached hydrogens (tertiary/aromatic N) is 2. The molecule has 0 spiro atoms. The lowest BCUT2D eigenvalue weighted by atomic mass is 9.97. The molecule has 3 nitrogen and oxygen atoms in total. The van der Waals surface area contributed by atoms with Gasteiger partial charge in [0.1, 0.15) is 0 Å². The molecule has 0 bridgehead atoms. The van der Waals surface area contributed by atoms with Crippen molar-refractivity contribution in [3.8, 4) is 0 Å². The van der Waals surface area contributed by atoms with Crippen molar-refractivity contribution in [1.82, 2.24) is 4.90 Å². The molecule has 0 radical (unpaired) electrons. The molecule has 3 heteroatoms. The molecule has 0 amide bonds. The Morgan fingerprint density at radius 2 is 1.84 bits per heavy atom. The van der Waals surface area contributed by atoms with Crippen LogP contribution in [0.1, 0.15) is 32.3 Å². The molecular weight excluding hydrogens is 234 g/mol. The number of guanidine groups is 1. The number of rotatable bonds is 6. The maximum Gasteiger partial charge on any atom is 0.191 e. The molecule has 1 aliphatic carbocycles. The summed E-state index contributed by atoms with van der Waals surface area (Å²) in [6.45, 7) is 6.95. The molecule has 0 saturated heterocycles. The largest absolute Gasteiger partial charge is 0.370 e. The molecule has 0 unspecified atom stereocenters. The van der Waals surface area contributed by atoms with Gasteiger partial charge in [0.15, 0.2) is 5.96 Å². The fourth-order valence-electron chi connectivity index (χ4n) is 2.49. The molecule has 0 heterocycles. The van der Waals surface area contributed by atoms with Gasteiger partial charge in [-0.15, -0.1) is 0 Å². The topological polar surface area (TPSA) is 41.6 Å². The van der Waals surface area contributed by atoms with Crippen LogP contribution in [0.2, 0.25) is 0 Å². The lowest BCUT2D eigenvalue weighted by molar-refractivity contribution is 0.450. The number of hydrogen-bond donors (Lipinski definition) is 1. The smallest absolute Gasteiger partial charge is 0.191 e. The van der Waals surface area contributed by atoms with Gasteiger partial charge in [-0.25, -0.2) is 0 Å². The Kier molecular flexibility index (Phi) is 4.46. The average molecular weight is 259 g/mol. The van der Waals surface area contributed by atoms with Crippen molar-refractivity contribution in [3.63, 3.8) is 0 Å². The molecule has 0 atom stereocenters. The second-order valence-electron chi connectivity index (χ2n) is 5.51. The summed E-state index contributed by atoms with van der Waals surface area (Å²) >= 11 is 0. The Hall–Kier alpha value is -1.51. The first-order valence-corrected chi connectivity index (χ1v) is 7.28. The molecule has 2 N–H and O–H groups in total. The fourth-order valence-corrected chi connectivity index (χ4v) is 2.49. The summed E-state index contributed by atoms with van der Waals surface area (Å²) in [5.41, 5.74) is 7.83. The van der Waals surface area contributed by atoms with Crippen LogP contribution in [0.5, 0.6) is 0 Å². The van der Waals surface area contributed by atoms with Crippen LogP contribution in [0.3, 0.4) is 0 Å². The Bertz CT molecular complexity index is 417. The van der Waals surface area contributed by atoms with Gasteiger partial charge in [-0.1, -0.05) is 30.3 Å². The highest BCUT2D eigenvalue weighted by molar-refractivity contribution is 5.78. The molecule has 1 aromatic rings. The van der Waals surface area contributed by atoms with Crippen molar-refractivity contribution in [2.45, 2.75) is 33.1 Å². The van der Waals surface area contributed by atoms with Crippen molar-refractivity contribution in [2.24, 2.45) is 16.1 Å². The summed E-state index contributed by atoms with van der Waals surface area (Å²) < 4.78 is 0. The zero-order chi connectivity index (χ0) is 13.7. The summed E-state index contributed by atoms with van der Waals surface area (Å²) in [5.74, 6) is 0.698. The van der Waals surface area contributed by atoms with Crippen molar-refractivity contribution >= 4 is 5.96 Å². The van der Waals surface area contributed by atoms with E-state index < -0.39 is 0 Å². The standard InChI is InChI=1S/C16H25N3/c1-3-19(4-2)15(17)18-13-16(10-11-16)12-14-8-6-5-7-9-14/h5-9H,3-4,10-13H2,1-2H3,(H2,17,18). The predicted octanol–water partition coefficient (Wildman–Crippen LogP) is 2.67. The quantitative estimate of drug-likeness (QED) is 0.630. The van der Waals surface area contributed by atoms with E-state index in [0.717, 1.165) is 26.1 Å². The highest BCUT2D eigenvalue weighted by Gasteiger charge is 2.42. The van der Waals surface area contributed by atoms with Crippen molar-refractivity contribution in [1.29, 1.82) is 0 Å². The van der Waals surface area contributed by atoms with Gasteiger partial charge in [0.2, 0.25) is 0 Å². The van der Waals surface area contributed by atoms with Gasteiger partial charge in [0, 0.05) is 19.6 Å². The van der Waals surface area contributed by atoms with Crippen molar-refractivity contribution in [3.05, 3.63) is 35.9 Å². The maximum absolute atomic E-state index is 6.04. The second kappa shape index (κ2) is 6.09. The molecule has 1 fully saturated rings. The average Bonchev–Trinajstić information content (AvgIpc) is 3.19. The summed E-state index contributed by atoms with van der Waals surface area (Å²) in [6, 6.07) is 10.7. The van der Waals surface area contributed by atoms with E-state index >= 15 is 0 Å². The van der Waals surface area contributed by atoms with Gasteiger partial charge in [0.25, 0.3) is 0 Å².